The second-order valence-electron chi connectivity index (χ2n) is 9.33. The maximum absolute atomic E-state index is 14.9. The third-order valence-corrected chi connectivity index (χ3v) is 6.74. The van der Waals surface area contributed by atoms with Crippen LogP contribution in [0.25, 0.3) is 10.8 Å². The molecule has 3 heterocycles. The van der Waals surface area contributed by atoms with Crippen LogP contribution in [0, 0.1) is 5.82 Å². The minimum Gasteiger partial charge on any atom is -0.311 e. The summed E-state index contributed by atoms with van der Waals surface area (Å²) < 4.78 is 46.4. The Morgan fingerprint density at radius 2 is 1.67 bits per heavy atom. The zero-order valence-electron chi connectivity index (χ0n) is 21.1. The molecule has 1 atom stereocenters. The molecular formula is C25H28FN5O7S. The number of urea groups is 1. The highest BCUT2D eigenvalue weighted by Crippen LogP contribution is 2.29. The highest BCUT2D eigenvalue weighted by Gasteiger charge is 2.44. The van der Waals surface area contributed by atoms with Crippen molar-refractivity contribution < 1.29 is 31.5 Å². The summed E-state index contributed by atoms with van der Waals surface area (Å²) >= 11 is 0. The number of fused-ring (bicyclic) bond motifs is 1. The van der Waals surface area contributed by atoms with Crippen molar-refractivity contribution in [1.82, 2.24) is 20.0 Å². The predicted octanol–water partition coefficient (Wildman–Crippen LogP) is 2.25. The van der Waals surface area contributed by atoms with E-state index < -0.39 is 34.2 Å². The van der Waals surface area contributed by atoms with Gasteiger partial charge in [0.2, 0.25) is 0 Å². The number of anilines is 1. The smallest absolute Gasteiger partial charge is 0.311 e. The Morgan fingerprint density at radius 1 is 1.03 bits per heavy atom. The minimum atomic E-state index is -4.67. The van der Waals surface area contributed by atoms with Gasteiger partial charge in [0.1, 0.15) is 11.9 Å². The van der Waals surface area contributed by atoms with E-state index in [0.717, 1.165) is 30.8 Å². The molecule has 208 valence electrons. The van der Waals surface area contributed by atoms with Gasteiger partial charge in [0.05, 0.1) is 16.8 Å². The van der Waals surface area contributed by atoms with Gasteiger partial charge in [-0.05, 0) is 56.6 Å². The standard InChI is InChI=1S/C25H26FN5O3.H2O4S/c1-16-24(33)31(25(34)30(16)13-12-29-10-4-5-11-29)22-15-17(8-9-20(22)26)14-21-18-6-2-3-7-19(18)23(32)28-27-21;1-5(2,3)4/h2-3,6-9,15-16H,4-5,10-14H2,1H3,(H,28,32);(H2,1,2,3,4). The molecule has 2 aliphatic rings. The van der Waals surface area contributed by atoms with Crippen molar-refractivity contribution in [2.75, 3.05) is 31.1 Å². The molecule has 39 heavy (non-hydrogen) atoms. The molecule has 3 amide bonds. The number of imide groups is 1. The van der Waals surface area contributed by atoms with Crippen molar-refractivity contribution >= 4 is 38.8 Å². The first kappa shape index (κ1) is 28.3. The zero-order chi connectivity index (χ0) is 28.3. The Morgan fingerprint density at radius 3 is 2.33 bits per heavy atom. The number of likely N-dealkylation sites (tertiary alicyclic amines) is 1. The van der Waals surface area contributed by atoms with Crippen LogP contribution in [-0.2, 0) is 21.6 Å². The van der Waals surface area contributed by atoms with Gasteiger partial charge in [-0.3, -0.25) is 18.7 Å². The minimum absolute atomic E-state index is 0.0586. The second-order valence-corrected chi connectivity index (χ2v) is 10.2. The van der Waals surface area contributed by atoms with Crippen LogP contribution in [0.15, 0.2) is 47.3 Å². The zero-order valence-corrected chi connectivity index (χ0v) is 21.9. The predicted molar refractivity (Wildman–Crippen MR) is 140 cm³/mol. The number of nitrogens with one attached hydrogen (secondary N) is 1. The highest BCUT2D eigenvalue weighted by molar-refractivity contribution is 7.79. The van der Waals surface area contributed by atoms with Gasteiger partial charge in [0.25, 0.3) is 11.5 Å². The number of nitrogens with zero attached hydrogens (tertiary/aromatic N) is 4. The summed E-state index contributed by atoms with van der Waals surface area (Å²) in [5, 5.41) is 7.89. The molecule has 14 heteroatoms. The summed E-state index contributed by atoms with van der Waals surface area (Å²) in [6, 6.07) is 10.4. The summed E-state index contributed by atoms with van der Waals surface area (Å²) in [5.74, 6) is -1.08. The number of aromatic amines is 1. The van der Waals surface area contributed by atoms with Crippen molar-refractivity contribution in [2.24, 2.45) is 0 Å². The monoisotopic (exact) mass is 561 g/mol. The van der Waals surface area contributed by atoms with Crippen LogP contribution in [0.2, 0.25) is 0 Å². The number of hydrogen-bond acceptors (Lipinski definition) is 7. The summed E-state index contributed by atoms with van der Waals surface area (Å²) in [6.07, 6.45) is 2.59. The first-order valence-electron chi connectivity index (χ1n) is 12.3. The molecule has 3 N–H and O–H groups in total. The van der Waals surface area contributed by atoms with Crippen LogP contribution >= 0.6 is 0 Å². The average Bonchev–Trinajstić information content (AvgIpc) is 3.47. The molecule has 3 aromatic rings. The summed E-state index contributed by atoms with van der Waals surface area (Å²) in [4.78, 5) is 43.0. The Labute approximate surface area is 223 Å². The molecule has 2 aromatic carbocycles. The summed E-state index contributed by atoms with van der Waals surface area (Å²) in [7, 11) is -4.67. The number of aromatic nitrogens is 2. The summed E-state index contributed by atoms with van der Waals surface area (Å²) in [5.41, 5.74) is 0.949. The number of carbonyl (C=O) groups is 2. The molecule has 2 saturated heterocycles. The number of amides is 3. The van der Waals surface area contributed by atoms with E-state index in [2.05, 4.69) is 15.1 Å². The van der Waals surface area contributed by atoms with Crippen molar-refractivity contribution in [2.45, 2.75) is 32.2 Å². The lowest BCUT2D eigenvalue weighted by Gasteiger charge is -2.23. The normalized spacial score (nSPS) is 18.1. The van der Waals surface area contributed by atoms with Crippen molar-refractivity contribution in [1.29, 1.82) is 0 Å². The molecule has 0 spiro atoms. The van der Waals surface area contributed by atoms with Crippen LogP contribution in [-0.4, -0.2) is 81.7 Å². The number of halogens is 1. The Hall–Kier alpha value is -3.72. The Bertz CT molecular complexity index is 1550. The van der Waals surface area contributed by atoms with E-state index in [1.54, 1.807) is 25.1 Å². The molecule has 0 saturated carbocycles. The second kappa shape index (κ2) is 11.6. The van der Waals surface area contributed by atoms with Gasteiger partial charge in [-0.15, -0.1) is 0 Å². The largest absolute Gasteiger partial charge is 0.394 e. The van der Waals surface area contributed by atoms with Crippen molar-refractivity contribution in [3.63, 3.8) is 0 Å². The molecule has 0 bridgehead atoms. The number of hydrogen-bond donors (Lipinski definition) is 3. The van der Waals surface area contributed by atoms with Crippen LogP contribution in [0.1, 0.15) is 31.0 Å². The molecule has 2 fully saturated rings. The SMILES string of the molecule is CC1C(=O)N(c2cc(Cc3n[nH]c(=O)c4ccccc34)ccc2F)C(=O)N1CCN1CCCC1.O=S(=O)(O)O. The van der Waals surface area contributed by atoms with Crippen LogP contribution in [0.4, 0.5) is 14.9 Å². The number of rotatable bonds is 6. The number of carbonyl (C=O) groups excluding carboxylic acids is 2. The van der Waals surface area contributed by atoms with Crippen LogP contribution in [0.5, 0.6) is 0 Å². The van der Waals surface area contributed by atoms with E-state index in [0.29, 0.717) is 41.5 Å². The van der Waals surface area contributed by atoms with E-state index in [9.17, 15) is 18.8 Å². The fraction of sp³-hybridized carbons (Fsp3) is 0.360. The fourth-order valence-corrected chi connectivity index (χ4v) is 4.81. The third kappa shape index (κ3) is 6.65. The van der Waals surface area contributed by atoms with Gasteiger partial charge in [0, 0.05) is 24.9 Å². The number of benzene rings is 2. The van der Waals surface area contributed by atoms with Gasteiger partial charge < -0.3 is 9.80 Å². The van der Waals surface area contributed by atoms with Crippen LogP contribution < -0.4 is 10.5 Å². The molecule has 1 aromatic heterocycles. The highest BCUT2D eigenvalue weighted by atomic mass is 32.3. The topological polar surface area (TPSA) is 164 Å². The average molecular weight is 562 g/mol. The van der Waals surface area contributed by atoms with Gasteiger partial charge in [-0.2, -0.15) is 13.5 Å². The lowest BCUT2D eigenvalue weighted by Crippen LogP contribution is -2.39. The van der Waals surface area contributed by atoms with E-state index in [1.807, 2.05) is 12.1 Å². The third-order valence-electron chi connectivity index (χ3n) is 6.74. The first-order chi connectivity index (χ1) is 18.4. The van der Waals surface area contributed by atoms with E-state index in [1.165, 1.54) is 17.0 Å². The van der Waals surface area contributed by atoms with Gasteiger partial charge in [-0.25, -0.2) is 19.2 Å². The molecule has 0 aliphatic carbocycles. The fourth-order valence-electron chi connectivity index (χ4n) is 4.81. The number of H-pyrrole nitrogens is 1. The molecule has 2 aliphatic heterocycles. The van der Waals surface area contributed by atoms with Crippen molar-refractivity contribution in [3.05, 3.63) is 69.9 Å². The lowest BCUT2D eigenvalue weighted by molar-refractivity contribution is -0.119. The van der Waals surface area contributed by atoms with Gasteiger partial charge in [-0.1, -0.05) is 24.3 Å². The maximum atomic E-state index is 14.9. The van der Waals surface area contributed by atoms with Gasteiger partial charge in [0.15, 0.2) is 0 Å². The van der Waals surface area contributed by atoms with Crippen LogP contribution in [0.3, 0.4) is 0 Å². The Balaban J connectivity index is 0.000000648. The van der Waals surface area contributed by atoms with E-state index >= 15 is 0 Å². The molecule has 12 nitrogen and oxygen atoms in total. The van der Waals surface area contributed by atoms with Crippen molar-refractivity contribution in [3.8, 4) is 0 Å². The van der Waals surface area contributed by atoms with E-state index in [-0.39, 0.29) is 11.2 Å². The molecular weight excluding hydrogens is 533 g/mol. The summed E-state index contributed by atoms with van der Waals surface area (Å²) in [6.45, 7) is 4.81. The maximum Gasteiger partial charge on any atom is 0.394 e. The first-order valence-corrected chi connectivity index (χ1v) is 13.7. The van der Waals surface area contributed by atoms with Gasteiger partial charge >= 0.3 is 16.4 Å². The Kier molecular flexibility index (Phi) is 8.39. The molecule has 5 rings (SSSR count). The van der Waals surface area contributed by atoms with E-state index in [4.69, 9.17) is 17.5 Å². The molecule has 0 radical (unpaired) electrons. The quantitative estimate of drug-likeness (QED) is 0.302. The lowest BCUT2D eigenvalue weighted by atomic mass is 10.0. The molecule has 1 unspecified atom stereocenters.